The van der Waals surface area contributed by atoms with Gasteiger partial charge in [-0.05, 0) is 11.8 Å². The zero-order chi connectivity index (χ0) is 14.8. The second-order valence-electron chi connectivity index (χ2n) is 5.87. The minimum absolute atomic E-state index is 0.124. The molecule has 2 rings (SSSR count). The van der Waals surface area contributed by atoms with Gasteiger partial charge in [-0.15, -0.1) is 5.10 Å². The molecular weight excluding hydrogens is 276 g/mol. The first-order valence-electron chi connectivity index (χ1n) is 6.81. The van der Waals surface area contributed by atoms with Gasteiger partial charge >= 0.3 is 0 Å². The van der Waals surface area contributed by atoms with Crippen molar-refractivity contribution >= 4 is 28.3 Å². The van der Waals surface area contributed by atoms with Gasteiger partial charge in [0.25, 0.3) is 0 Å². The van der Waals surface area contributed by atoms with E-state index in [1.165, 1.54) is 16.4 Å². The SMILES string of the molecule is CCCNc1snnc1CN1C(=O)CC(C)(C)CC1=O. The fraction of sp³-hybridized carbons (Fsp3) is 0.692. The lowest BCUT2D eigenvalue weighted by atomic mass is 9.82. The number of carbonyl (C=O) groups is 2. The Hall–Kier alpha value is -1.50. The van der Waals surface area contributed by atoms with Gasteiger partial charge in [-0.3, -0.25) is 14.5 Å². The first kappa shape index (κ1) is 14.9. The molecule has 1 aliphatic rings. The summed E-state index contributed by atoms with van der Waals surface area (Å²) >= 11 is 1.26. The van der Waals surface area contributed by atoms with Gasteiger partial charge < -0.3 is 5.32 Å². The predicted octanol–water partition coefficient (Wildman–Crippen LogP) is 2.04. The zero-order valence-electron chi connectivity index (χ0n) is 12.1. The summed E-state index contributed by atoms with van der Waals surface area (Å²) in [6, 6.07) is 0. The highest BCUT2D eigenvalue weighted by Gasteiger charge is 2.37. The van der Waals surface area contributed by atoms with E-state index in [1.807, 2.05) is 13.8 Å². The van der Waals surface area contributed by atoms with Crippen molar-refractivity contribution < 1.29 is 9.59 Å². The van der Waals surface area contributed by atoms with Gasteiger partial charge in [0, 0.05) is 30.9 Å². The molecular formula is C13H20N4O2S. The van der Waals surface area contributed by atoms with Crippen LogP contribution in [-0.4, -0.2) is 32.8 Å². The molecule has 0 radical (unpaired) electrons. The van der Waals surface area contributed by atoms with E-state index in [4.69, 9.17) is 0 Å². The van der Waals surface area contributed by atoms with Crippen molar-refractivity contribution in [3.05, 3.63) is 5.69 Å². The number of aromatic nitrogens is 2. The number of nitrogens with one attached hydrogen (secondary N) is 1. The topological polar surface area (TPSA) is 75.2 Å². The number of nitrogens with zero attached hydrogens (tertiary/aromatic N) is 3. The van der Waals surface area contributed by atoms with Crippen LogP contribution in [0.2, 0.25) is 0 Å². The van der Waals surface area contributed by atoms with E-state index in [2.05, 4.69) is 21.8 Å². The van der Waals surface area contributed by atoms with Crippen molar-refractivity contribution in [1.82, 2.24) is 14.5 Å². The summed E-state index contributed by atoms with van der Waals surface area (Å²) in [6.45, 7) is 7.00. The summed E-state index contributed by atoms with van der Waals surface area (Å²) in [5, 5.41) is 8.10. The summed E-state index contributed by atoms with van der Waals surface area (Å²) in [5.74, 6) is -0.249. The van der Waals surface area contributed by atoms with E-state index in [0.29, 0.717) is 18.5 Å². The minimum Gasteiger partial charge on any atom is -0.374 e. The standard InChI is InChI=1S/C13H20N4O2S/c1-4-5-14-12-9(15-16-20-12)8-17-10(18)6-13(2,3)7-11(17)19/h14H,4-8H2,1-3H3. The third-order valence-corrected chi connectivity index (χ3v) is 3.99. The van der Waals surface area contributed by atoms with Crippen molar-refractivity contribution in [1.29, 1.82) is 0 Å². The quantitative estimate of drug-likeness (QED) is 0.842. The Morgan fingerprint density at radius 3 is 2.55 bits per heavy atom. The Kier molecular flexibility index (Phi) is 4.37. The number of hydrogen-bond acceptors (Lipinski definition) is 6. The number of hydrogen-bond donors (Lipinski definition) is 1. The highest BCUT2D eigenvalue weighted by Crippen LogP contribution is 2.32. The zero-order valence-corrected chi connectivity index (χ0v) is 12.9. The Morgan fingerprint density at radius 1 is 1.30 bits per heavy atom. The molecule has 0 saturated carbocycles. The van der Waals surface area contributed by atoms with Crippen LogP contribution in [0.3, 0.4) is 0 Å². The summed E-state index contributed by atoms with van der Waals surface area (Å²) in [7, 11) is 0. The van der Waals surface area contributed by atoms with Crippen LogP contribution < -0.4 is 5.32 Å². The van der Waals surface area contributed by atoms with Crippen LogP contribution in [0.1, 0.15) is 45.7 Å². The Morgan fingerprint density at radius 2 is 1.95 bits per heavy atom. The minimum atomic E-state index is -0.242. The Labute approximate surface area is 122 Å². The highest BCUT2D eigenvalue weighted by molar-refractivity contribution is 7.10. The lowest BCUT2D eigenvalue weighted by Crippen LogP contribution is -2.45. The van der Waals surface area contributed by atoms with Crippen molar-refractivity contribution in [3.63, 3.8) is 0 Å². The van der Waals surface area contributed by atoms with E-state index in [9.17, 15) is 9.59 Å². The van der Waals surface area contributed by atoms with E-state index in [-0.39, 0.29) is 23.8 Å². The average molecular weight is 296 g/mol. The molecule has 1 fully saturated rings. The molecule has 0 unspecified atom stereocenters. The maximum Gasteiger partial charge on any atom is 0.230 e. The molecule has 0 aromatic carbocycles. The molecule has 0 aliphatic carbocycles. The van der Waals surface area contributed by atoms with Crippen molar-refractivity contribution in [2.45, 2.75) is 46.6 Å². The molecule has 2 heterocycles. The number of likely N-dealkylation sites (tertiary alicyclic amines) is 1. The monoisotopic (exact) mass is 296 g/mol. The molecule has 6 nitrogen and oxygen atoms in total. The van der Waals surface area contributed by atoms with Crippen LogP contribution in [0.4, 0.5) is 5.00 Å². The molecule has 2 amide bonds. The molecule has 1 aromatic rings. The third kappa shape index (κ3) is 3.33. The maximum absolute atomic E-state index is 12.1. The van der Waals surface area contributed by atoms with E-state index in [1.54, 1.807) is 0 Å². The Balaban J connectivity index is 2.08. The number of anilines is 1. The normalized spacial score (nSPS) is 18.4. The molecule has 110 valence electrons. The third-order valence-electron chi connectivity index (χ3n) is 3.26. The van der Waals surface area contributed by atoms with Gasteiger partial charge in [-0.2, -0.15) is 0 Å². The number of imide groups is 1. The second kappa shape index (κ2) is 5.87. The number of rotatable bonds is 5. The van der Waals surface area contributed by atoms with Gasteiger partial charge in [0.05, 0.1) is 6.54 Å². The van der Waals surface area contributed by atoms with E-state index in [0.717, 1.165) is 18.0 Å². The number of piperidine rings is 1. The van der Waals surface area contributed by atoms with Crippen LogP contribution in [0.25, 0.3) is 0 Å². The highest BCUT2D eigenvalue weighted by atomic mass is 32.1. The first-order valence-corrected chi connectivity index (χ1v) is 7.58. The van der Waals surface area contributed by atoms with Gasteiger partial charge in [0.1, 0.15) is 10.7 Å². The summed E-state index contributed by atoms with van der Waals surface area (Å²) < 4.78 is 3.90. The molecule has 1 N–H and O–H groups in total. The molecule has 1 aliphatic heterocycles. The van der Waals surface area contributed by atoms with Crippen molar-refractivity contribution in [2.75, 3.05) is 11.9 Å². The predicted molar refractivity (Wildman–Crippen MR) is 77.3 cm³/mol. The smallest absolute Gasteiger partial charge is 0.230 e. The Bertz CT molecular complexity index is 492. The first-order chi connectivity index (χ1) is 9.43. The lowest BCUT2D eigenvalue weighted by Gasteiger charge is -2.34. The fourth-order valence-corrected chi connectivity index (χ4v) is 2.82. The molecule has 7 heteroatoms. The van der Waals surface area contributed by atoms with Crippen LogP contribution >= 0.6 is 11.5 Å². The molecule has 0 spiro atoms. The van der Waals surface area contributed by atoms with Crippen LogP contribution in [0.5, 0.6) is 0 Å². The van der Waals surface area contributed by atoms with Crippen LogP contribution in [-0.2, 0) is 16.1 Å². The van der Waals surface area contributed by atoms with Crippen molar-refractivity contribution in [3.8, 4) is 0 Å². The number of carbonyl (C=O) groups excluding carboxylic acids is 2. The van der Waals surface area contributed by atoms with Gasteiger partial charge in [-0.1, -0.05) is 25.3 Å². The number of amides is 2. The molecule has 1 saturated heterocycles. The molecule has 0 atom stereocenters. The lowest BCUT2D eigenvalue weighted by molar-refractivity contribution is -0.153. The largest absolute Gasteiger partial charge is 0.374 e. The van der Waals surface area contributed by atoms with E-state index < -0.39 is 0 Å². The van der Waals surface area contributed by atoms with Gasteiger partial charge in [-0.25, -0.2) is 0 Å². The molecule has 1 aromatic heterocycles. The summed E-state index contributed by atoms with van der Waals surface area (Å²) in [6.07, 6.45) is 1.79. The molecule has 20 heavy (non-hydrogen) atoms. The molecule has 0 bridgehead atoms. The van der Waals surface area contributed by atoms with Crippen LogP contribution in [0.15, 0.2) is 0 Å². The maximum atomic E-state index is 12.1. The van der Waals surface area contributed by atoms with Gasteiger partial charge in [0.2, 0.25) is 11.8 Å². The average Bonchev–Trinajstić information content (AvgIpc) is 2.77. The van der Waals surface area contributed by atoms with Crippen LogP contribution in [0, 0.1) is 5.41 Å². The van der Waals surface area contributed by atoms with Gasteiger partial charge in [0.15, 0.2) is 0 Å². The van der Waals surface area contributed by atoms with E-state index >= 15 is 0 Å². The summed E-state index contributed by atoms with van der Waals surface area (Å²) in [5.41, 5.74) is 0.429. The second-order valence-corrected chi connectivity index (χ2v) is 6.62. The van der Waals surface area contributed by atoms with Crippen molar-refractivity contribution in [2.24, 2.45) is 5.41 Å². The summed E-state index contributed by atoms with van der Waals surface area (Å²) in [4.78, 5) is 25.5. The fourth-order valence-electron chi connectivity index (χ4n) is 2.22.